The summed E-state index contributed by atoms with van der Waals surface area (Å²) in [6.07, 6.45) is 3.48. The van der Waals surface area contributed by atoms with E-state index in [1.165, 1.54) is 17.8 Å². The number of rotatable bonds is 2. The molecule has 1 aromatic heterocycles. The van der Waals surface area contributed by atoms with Crippen molar-refractivity contribution in [3.63, 3.8) is 0 Å². The van der Waals surface area contributed by atoms with Crippen LogP contribution in [0.4, 0.5) is 5.69 Å². The lowest BCUT2D eigenvalue weighted by atomic mass is 10.1. The molecule has 1 aliphatic heterocycles. The van der Waals surface area contributed by atoms with Crippen molar-refractivity contribution in [3.05, 3.63) is 11.4 Å². The zero-order chi connectivity index (χ0) is 10.9. The average molecular weight is 246 g/mol. The third-order valence-electron chi connectivity index (χ3n) is 2.57. The summed E-state index contributed by atoms with van der Waals surface area (Å²) in [6, 6.07) is 1.84. The summed E-state index contributed by atoms with van der Waals surface area (Å²) in [7, 11) is -3.56. The van der Waals surface area contributed by atoms with Crippen LogP contribution in [-0.2, 0) is 10.0 Å². The molecule has 0 atom stereocenters. The second-order valence-electron chi connectivity index (χ2n) is 3.69. The highest BCUT2D eigenvalue weighted by molar-refractivity contribution is 7.91. The van der Waals surface area contributed by atoms with Crippen molar-refractivity contribution >= 4 is 27.0 Å². The van der Waals surface area contributed by atoms with Gasteiger partial charge in [0.2, 0.25) is 10.0 Å². The minimum Gasteiger partial charge on any atom is -0.370 e. The Hall–Kier alpha value is -0.590. The summed E-state index contributed by atoms with van der Waals surface area (Å²) in [6.45, 7) is 1.86. The third kappa shape index (κ3) is 2.32. The highest BCUT2D eigenvalue weighted by atomic mass is 32.2. The summed E-state index contributed by atoms with van der Waals surface area (Å²) in [4.78, 5) is 2.11. The lowest BCUT2D eigenvalue weighted by molar-refractivity contribution is 0.573. The molecule has 2 rings (SSSR count). The molecule has 0 unspecified atom stereocenters. The first-order chi connectivity index (χ1) is 7.09. The van der Waals surface area contributed by atoms with Gasteiger partial charge in [-0.2, -0.15) is 0 Å². The molecule has 1 aliphatic rings. The molecule has 2 N–H and O–H groups in total. The molecule has 2 heterocycles. The fraction of sp³-hybridized carbons (Fsp3) is 0.556. The van der Waals surface area contributed by atoms with Crippen molar-refractivity contribution in [3.8, 4) is 0 Å². The molecule has 84 valence electrons. The molecule has 0 aromatic carbocycles. The number of nitrogens with two attached hydrogens (primary N) is 1. The first-order valence-corrected chi connectivity index (χ1v) is 7.37. The lowest BCUT2D eigenvalue weighted by Gasteiger charge is -2.28. The second-order valence-corrected chi connectivity index (χ2v) is 6.36. The summed E-state index contributed by atoms with van der Waals surface area (Å²) >= 11 is 1.20. The molecule has 0 radical (unpaired) electrons. The maximum atomic E-state index is 11.3. The molecule has 1 saturated heterocycles. The normalized spacial score (nSPS) is 18.1. The van der Waals surface area contributed by atoms with Gasteiger partial charge in [-0.1, -0.05) is 0 Å². The van der Waals surface area contributed by atoms with Gasteiger partial charge in [0, 0.05) is 13.1 Å². The Morgan fingerprint density at radius 1 is 1.27 bits per heavy atom. The quantitative estimate of drug-likeness (QED) is 0.857. The Labute approximate surface area is 93.8 Å². The van der Waals surface area contributed by atoms with Gasteiger partial charge >= 0.3 is 0 Å². The van der Waals surface area contributed by atoms with Crippen LogP contribution in [0.3, 0.4) is 0 Å². The SMILES string of the molecule is NS(=O)(=O)c1sccc1N1CCCCC1. The molecular weight excluding hydrogens is 232 g/mol. The van der Waals surface area contributed by atoms with E-state index in [1.807, 2.05) is 6.07 Å². The largest absolute Gasteiger partial charge is 0.370 e. The van der Waals surface area contributed by atoms with E-state index in [2.05, 4.69) is 4.90 Å². The molecule has 6 heteroatoms. The monoisotopic (exact) mass is 246 g/mol. The number of piperidine rings is 1. The molecule has 0 amide bonds. The van der Waals surface area contributed by atoms with E-state index in [0.29, 0.717) is 4.21 Å². The van der Waals surface area contributed by atoms with Crippen LogP contribution in [-0.4, -0.2) is 21.5 Å². The van der Waals surface area contributed by atoms with Crippen LogP contribution >= 0.6 is 11.3 Å². The van der Waals surface area contributed by atoms with Crippen molar-refractivity contribution in [1.29, 1.82) is 0 Å². The van der Waals surface area contributed by atoms with Crippen molar-refractivity contribution in [2.45, 2.75) is 23.5 Å². The van der Waals surface area contributed by atoms with E-state index >= 15 is 0 Å². The second kappa shape index (κ2) is 4.11. The maximum absolute atomic E-state index is 11.3. The van der Waals surface area contributed by atoms with Gasteiger partial charge in [-0.3, -0.25) is 0 Å². The van der Waals surface area contributed by atoms with Gasteiger partial charge in [0.15, 0.2) is 4.21 Å². The smallest absolute Gasteiger partial charge is 0.249 e. The molecule has 15 heavy (non-hydrogen) atoms. The predicted molar refractivity (Wildman–Crippen MR) is 61.8 cm³/mol. The molecule has 1 aromatic rings. The van der Waals surface area contributed by atoms with Crippen molar-refractivity contribution in [1.82, 2.24) is 0 Å². The van der Waals surface area contributed by atoms with Crippen LogP contribution in [0.2, 0.25) is 0 Å². The Morgan fingerprint density at radius 3 is 2.53 bits per heavy atom. The van der Waals surface area contributed by atoms with E-state index < -0.39 is 10.0 Å². The zero-order valence-corrected chi connectivity index (χ0v) is 9.98. The number of sulfonamides is 1. The molecule has 0 bridgehead atoms. The van der Waals surface area contributed by atoms with E-state index in [1.54, 1.807) is 5.38 Å². The van der Waals surface area contributed by atoms with Gasteiger partial charge in [0.05, 0.1) is 5.69 Å². The first-order valence-electron chi connectivity index (χ1n) is 4.94. The zero-order valence-electron chi connectivity index (χ0n) is 8.35. The number of hydrogen-bond acceptors (Lipinski definition) is 4. The van der Waals surface area contributed by atoms with Crippen molar-refractivity contribution < 1.29 is 8.42 Å². The van der Waals surface area contributed by atoms with Crippen LogP contribution in [0.15, 0.2) is 15.7 Å². The average Bonchev–Trinajstić information content (AvgIpc) is 2.67. The third-order valence-corrected chi connectivity index (χ3v) is 4.97. The van der Waals surface area contributed by atoms with Crippen molar-refractivity contribution in [2.75, 3.05) is 18.0 Å². The van der Waals surface area contributed by atoms with E-state index in [9.17, 15) is 8.42 Å². The number of primary sulfonamides is 1. The van der Waals surface area contributed by atoms with E-state index in [-0.39, 0.29) is 0 Å². The fourth-order valence-electron chi connectivity index (χ4n) is 1.87. The van der Waals surface area contributed by atoms with Gasteiger partial charge in [0.1, 0.15) is 0 Å². The highest BCUT2D eigenvalue weighted by Crippen LogP contribution is 2.31. The van der Waals surface area contributed by atoms with Crippen LogP contribution in [0.25, 0.3) is 0 Å². The minimum absolute atomic E-state index is 0.296. The first kappa shape index (κ1) is 10.9. The van der Waals surface area contributed by atoms with Crippen LogP contribution in [0.1, 0.15) is 19.3 Å². The molecule has 1 fully saturated rings. The topological polar surface area (TPSA) is 63.4 Å². The van der Waals surface area contributed by atoms with Gasteiger partial charge in [0.25, 0.3) is 0 Å². The molecule has 0 aliphatic carbocycles. The number of thiophene rings is 1. The summed E-state index contributed by atoms with van der Waals surface area (Å²) < 4.78 is 22.9. The maximum Gasteiger partial charge on any atom is 0.249 e. The van der Waals surface area contributed by atoms with Crippen LogP contribution < -0.4 is 10.0 Å². The van der Waals surface area contributed by atoms with Crippen LogP contribution in [0.5, 0.6) is 0 Å². The molecule has 0 saturated carbocycles. The summed E-state index contributed by atoms with van der Waals surface area (Å²) in [5.41, 5.74) is 0.780. The van der Waals surface area contributed by atoms with Gasteiger partial charge < -0.3 is 4.90 Å². The minimum atomic E-state index is -3.56. The lowest BCUT2D eigenvalue weighted by Crippen LogP contribution is -2.30. The Balaban J connectivity index is 2.32. The van der Waals surface area contributed by atoms with Gasteiger partial charge in [-0.15, -0.1) is 11.3 Å². The number of nitrogens with zero attached hydrogens (tertiary/aromatic N) is 1. The number of hydrogen-bond donors (Lipinski definition) is 1. The Bertz CT molecular complexity index is 433. The standard InChI is InChI=1S/C9H14N2O2S2/c10-15(12,13)9-8(4-7-14-9)11-5-2-1-3-6-11/h4,7H,1-3,5-6H2,(H2,10,12,13). The summed E-state index contributed by atoms with van der Waals surface area (Å²) in [5.74, 6) is 0. The molecule has 4 nitrogen and oxygen atoms in total. The Morgan fingerprint density at radius 2 is 1.93 bits per heavy atom. The molecule has 0 spiro atoms. The van der Waals surface area contributed by atoms with E-state index in [4.69, 9.17) is 5.14 Å². The van der Waals surface area contributed by atoms with Gasteiger partial charge in [-0.05, 0) is 30.7 Å². The van der Waals surface area contributed by atoms with Crippen molar-refractivity contribution in [2.24, 2.45) is 5.14 Å². The summed E-state index contributed by atoms with van der Waals surface area (Å²) in [5, 5.41) is 6.95. The fourth-order valence-corrected chi connectivity index (χ4v) is 3.70. The van der Waals surface area contributed by atoms with Crippen LogP contribution in [0, 0.1) is 0 Å². The predicted octanol–water partition coefficient (Wildman–Crippen LogP) is 1.39. The van der Waals surface area contributed by atoms with Gasteiger partial charge in [-0.25, -0.2) is 13.6 Å². The number of anilines is 1. The Kier molecular flexibility index (Phi) is 2.99. The molecular formula is C9H14N2O2S2. The van der Waals surface area contributed by atoms with E-state index in [0.717, 1.165) is 31.6 Å². The highest BCUT2D eigenvalue weighted by Gasteiger charge is 2.21.